The Balaban J connectivity index is 1.97. The van der Waals surface area contributed by atoms with Gasteiger partial charge in [0.1, 0.15) is 11.5 Å². The number of hydrogen-bond acceptors (Lipinski definition) is 5. The average molecular weight is 235 g/mol. The van der Waals surface area contributed by atoms with Gasteiger partial charge < -0.3 is 19.1 Å². The standard InChI is InChI=1S/C11H14BNO4/c14-10-2-1-9-8-13-3-5-15-12(16-6-4-13)17-11(9)7-10/h1-2,7,14H,3-6,8H2. The van der Waals surface area contributed by atoms with Crippen LogP contribution in [0.5, 0.6) is 11.5 Å². The molecule has 3 aliphatic heterocycles. The summed E-state index contributed by atoms with van der Waals surface area (Å²) in [5.41, 5.74) is 1.05. The lowest BCUT2D eigenvalue weighted by Crippen LogP contribution is -2.39. The van der Waals surface area contributed by atoms with Crippen molar-refractivity contribution in [3.63, 3.8) is 0 Å². The zero-order valence-corrected chi connectivity index (χ0v) is 9.46. The molecule has 4 rings (SSSR count). The topological polar surface area (TPSA) is 51.2 Å². The fourth-order valence-corrected chi connectivity index (χ4v) is 2.07. The molecule has 3 aliphatic rings. The van der Waals surface area contributed by atoms with E-state index in [0.717, 1.165) is 25.2 Å². The first-order valence-electron chi connectivity index (χ1n) is 5.75. The third kappa shape index (κ3) is 2.38. The number of benzene rings is 1. The van der Waals surface area contributed by atoms with E-state index in [1.807, 2.05) is 6.07 Å². The molecule has 0 saturated carbocycles. The van der Waals surface area contributed by atoms with Crippen LogP contribution in [0.15, 0.2) is 18.2 Å². The highest BCUT2D eigenvalue weighted by atomic mass is 16.7. The Morgan fingerprint density at radius 2 is 1.94 bits per heavy atom. The first kappa shape index (κ1) is 10.9. The van der Waals surface area contributed by atoms with Gasteiger partial charge in [-0.15, -0.1) is 0 Å². The van der Waals surface area contributed by atoms with Crippen molar-refractivity contribution in [1.29, 1.82) is 0 Å². The molecule has 6 heteroatoms. The van der Waals surface area contributed by atoms with Crippen LogP contribution in [-0.4, -0.2) is 43.6 Å². The Labute approximate surface area is 100 Å². The second-order valence-electron chi connectivity index (χ2n) is 4.22. The largest absolute Gasteiger partial charge is 0.713 e. The van der Waals surface area contributed by atoms with Crippen molar-refractivity contribution in [2.45, 2.75) is 6.54 Å². The van der Waals surface area contributed by atoms with E-state index < -0.39 is 7.32 Å². The Morgan fingerprint density at radius 1 is 1.18 bits per heavy atom. The van der Waals surface area contributed by atoms with Crippen LogP contribution in [0.25, 0.3) is 0 Å². The molecule has 2 bridgehead atoms. The smallest absolute Gasteiger partial charge is 0.511 e. The summed E-state index contributed by atoms with van der Waals surface area (Å²) >= 11 is 0. The summed E-state index contributed by atoms with van der Waals surface area (Å²) in [6.07, 6.45) is 0. The van der Waals surface area contributed by atoms with E-state index in [2.05, 4.69) is 4.90 Å². The van der Waals surface area contributed by atoms with Crippen molar-refractivity contribution in [2.24, 2.45) is 0 Å². The monoisotopic (exact) mass is 235 g/mol. The summed E-state index contributed by atoms with van der Waals surface area (Å²) in [4.78, 5) is 2.25. The summed E-state index contributed by atoms with van der Waals surface area (Å²) in [6, 6.07) is 5.15. The maximum atomic E-state index is 9.49. The van der Waals surface area contributed by atoms with Crippen molar-refractivity contribution >= 4 is 7.32 Å². The van der Waals surface area contributed by atoms with Gasteiger partial charge in [-0.2, -0.15) is 0 Å². The molecule has 0 atom stereocenters. The molecule has 1 fully saturated rings. The Kier molecular flexibility index (Phi) is 2.92. The highest BCUT2D eigenvalue weighted by Crippen LogP contribution is 2.27. The van der Waals surface area contributed by atoms with Gasteiger partial charge in [-0.05, 0) is 6.07 Å². The number of phenolic OH excluding ortho intramolecular Hbond substituents is 1. The van der Waals surface area contributed by atoms with E-state index in [1.165, 1.54) is 0 Å². The van der Waals surface area contributed by atoms with E-state index in [9.17, 15) is 5.11 Å². The van der Waals surface area contributed by atoms with Crippen LogP contribution in [0.3, 0.4) is 0 Å². The summed E-state index contributed by atoms with van der Waals surface area (Å²) in [6.45, 7) is 3.69. The molecule has 1 saturated heterocycles. The maximum Gasteiger partial charge on any atom is 0.713 e. The zero-order valence-electron chi connectivity index (χ0n) is 9.46. The first-order valence-corrected chi connectivity index (χ1v) is 5.75. The highest BCUT2D eigenvalue weighted by molar-refractivity contribution is 6.37. The van der Waals surface area contributed by atoms with Gasteiger partial charge in [0.2, 0.25) is 0 Å². The highest BCUT2D eigenvalue weighted by Gasteiger charge is 2.30. The predicted molar refractivity (Wildman–Crippen MR) is 61.7 cm³/mol. The summed E-state index contributed by atoms with van der Waals surface area (Å²) < 4.78 is 16.6. The minimum absolute atomic E-state index is 0.188. The normalized spacial score (nSPS) is 20.8. The van der Waals surface area contributed by atoms with Crippen LogP contribution >= 0.6 is 0 Å². The minimum Gasteiger partial charge on any atom is -0.511 e. The van der Waals surface area contributed by atoms with Gasteiger partial charge in [-0.3, -0.25) is 4.90 Å². The fraction of sp³-hybridized carbons (Fsp3) is 0.455. The molecule has 0 unspecified atom stereocenters. The molecule has 0 radical (unpaired) electrons. The molecule has 0 spiro atoms. The third-order valence-corrected chi connectivity index (χ3v) is 2.99. The van der Waals surface area contributed by atoms with Gasteiger partial charge >= 0.3 is 7.32 Å². The molecule has 1 aromatic carbocycles. The predicted octanol–water partition coefficient (Wildman–Crippen LogP) is 0.618. The summed E-state index contributed by atoms with van der Waals surface area (Å²) in [5, 5.41) is 9.49. The van der Waals surface area contributed by atoms with E-state index in [-0.39, 0.29) is 5.75 Å². The van der Waals surface area contributed by atoms with Gasteiger partial charge in [-0.25, -0.2) is 0 Å². The van der Waals surface area contributed by atoms with Gasteiger partial charge in [0.05, 0.1) is 0 Å². The molecular weight excluding hydrogens is 221 g/mol. The molecule has 1 N–H and O–H groups in total. The molecule has 0 aromatic heterocycles. The van der Waals surface area contributed by atoms with Crippen LogP contribution < -0.4 is 4.65 Å². The third-order valence-electron chi connectivity index (χ3n) is 2.99. The molecule has 1 aromatic rings. The quantitative estimate of drug-likeness (QED) is 0.668. The van der Waals surface area contributed by atoms with Crippen LogP contribution in [-0.2, 0) is 15.9 Å². The summed E-state index contributed by atoms with van der Waals surface area (Å²) in [7, 11) is -0.671. The van der Waals surface area contributed by atoms with E-state index in [4.69, 9.17) is 14.0 Å². The van der Waals surface area contributed by atoms with E-state index in [0.29, 0.717) is 19.0 Å². The average Bonchev–Trinajstić information content (AvgIpc) is 2.40. The number of nitrogens with zero attached hydrogens (tertiary/aromatic N) is 1. The van der Waals surface area contributed by atoms with Gasteiger partial charge in [-0.1, -0.05) is 6.07 Å². The van der Waals surface area contributed by atoms with E-state index >= 15 is 0 Å². The van der Waals surface area contributed by atoms with Crippen LogP contribution in [0, 0.1) is 0 Å². The van der Waals surface area contributed by atoms with Gasteiger partial charge in [0.25, 0.3) is 0 Å². The molecule has 0 aliphatic carbocycles. The Bertz CT molecular complexity index is 404. The molecular formula is C11H14BNO4. The second kappa shape index (κ2) is 4.56. The SMILES string of the molecule is Oc1ccc2c(c1)OB1OCCN(CCO1)C2. The molecule has 5 nitrogen and oxygen atoms in total. The lowest BCUT2D eigenvalue weighted by Gasteiger charge is -2.23. The van der Waals surface area contributed by atoms with Crippen LogP contribution in [0.1, 0.15) is 5.56 Å². The number of hydrogen-bond donors (Lipinski definition) is 1. The van der Waals surface area contributed by atoms with E-state index in [1.54, 1.807) is 12.1 Å². The van der Waals surface area contributed by atoms with Crippen molar-refractivity contribution in [2.75, 3.05) is 26.3 Å². The van der Waals surface area contributed by atoms with Crippen LogP contribution in [0.4, 0.5) is 0 Å². The van der Waals surface area contributed by atoms with Gasteiger partial charge in [0, 0.05) is 44.5 Å². The maximum absolute atomic E-state index is 9.49. The number of phenols is 1. The molecule has 90 valence electrons. The first-order chi connectivity index (χ1) is 8.31. The van der Waals surface area contributed by atoms with Crippen molar-refractivity contribution < 1.29 is 19.1 Å². The number of fused-ring (bicyclic) bond motifs is 4. The lowest BCUT2D eigenvalue weighted by molar-refractivity contribution is 0.0828. The van der Waals surface area contributed by atoms with Gasteiger partial charge in [0.15, 0.2) is 0 Å². The van der Waals surface area contributed by atoms with Crippen molar-refractivity contribution in [1.82, 2.24) is 4.90 Å². The molecule has 0 amide bonds. The second-order valence-corrected chi connectivity index (χ2v) is 4.22. The summed E-state index contributed by atoms with van der Waals surface area (Å²) in [5.74, 6) is 0.816. The lowest BCUT2D eigenvalue weighted by atomic mass is 10.1. The van der Waals surface area contributed by atoms with Crippen LogP contribution in [0.2, 0.25) is 0 Å². The molecule has 17 heavy (non-hydrogen) atoms. The van der Waals surface area contributed by atoms with Crippen molar-refractivity contribution in [3.8, 4) is 11.5 Å². The Morgan fingerprint density at radius 3 is 2.71 bits per heavy atom. The number of rotatable bonds is 0. The number of aromatic hydroxyl groups is 1. The van der Waals surface area contributed by atoms with Crippen molar-refractivity contribution in [3.05, 3.63) is 23.8 Å². The fourth-order valence-electron chi connectivity index (χ4n) is 2.07. The Hall–Kier alpha value is -1.24. The minimum atomic E-state index is -0.671. The zero-order chi connectivity index (χ0) is 11.7. The molecule has 3 heterocycles.